The number of hydrogen-bond acceptors (Lipinski definition) is 5. The fourth-order valence-corrected chi connectivity index (χ4v) is 3.43. The molecule has 29 heavy (non-hydrogen) atoms. The van der Waals surface area contributed by atoms with Gasteiger partial charge in [0, 0.05) is 27.7 Å². The molecule has 154 valence electrons. The Balaban J connectivity index is 2.12. The smallest absolute Gasteiger partial charge is 0.252 e. The lowest BCUT2D eigenvalue weighted by Gasteiger charge is -2.19. The van der Waals surface area contributed by atoms with Crippen molar-refractivity contribution in [1.29, 1.82) is 0 Å². The van der Waals surface area contributed by atoms with Crippen LogP contribution in [0.3, 0.4) is 0 Å². The minimum Gasteiger partial charge on any atom is -0.508 e. The summed E-state index contributed by atoms with van der Waals surface area (Å²) in [6.45, 7) is 5.09. The lowest BCUT2D eigenvalue weighted by atomic mass is 10.1. The van der Waals surface area contributed by atoms with E-state index in [1.807, 2.05) is 30.3 Å². The van der Waals surface area contributed by atoms with Crippen LogP contribution in [-0.2, 0) is 9.59 Å². The van der Waals surface area contributed by atoms with Crippen LogP contribution in [0, 0.1) is 12.8 Å². The normalized spacial score (nSPS) is 11.7. The van der Waals surface area contributed by atoms with Crippen molar-refractivity contribution < 1.29 is 19.5 Å². The molecular formula is C22H26N2O4S. The van der Waals surface area contributed by atoms with Crippen LogP contribution in [0.5, 0.6) is 5.75 Å². The SMILES string of the molecule is Cc1c(O)cccc1C(=O)N[C@@H](CSc1ccccc1)C(=O)NCC(=O)C(C)C. The molecule has 2 aromatic carbocycles. The van der Waals surface area contributed by atoms with E-state index in [2.05, 4.69) is 10.6 Å². The van der Waals surface area contributed by atoms with Gasteiger partial charge in [-0.15, -0.1) is 11.8 Å². The zero-order valence-corrected chi connectivity index (χ0v) is 17.6. The third-order valence-electron chi connectivity index (χ3n) is 4.41. The number of ketones is 1. The molecule has 2 amide bonds. The van der Waals surface area contributed by atoms with Crippen LogP contribution in [0.15, 0.2) is 53.4 Å². The topological polar surface area (TPSA) is 95.5 Å². The van der Waals surface area contributed by atoms with Gasteiger partial charge in [-0.25, -0.2) is 0 Å². The van der Waals surface area contributed by atoms with Crippen LogP contribution in [0.25, 0.3) is 0 Å². The Morgan fingerprint density at radius 1 is 1.03 bits per heavy atom. The quantitative estimate of drug-likeness (QED) is 0.549. The Hall–Kier alpha value is -2.80. The molecule has 0 aliphatic rings. The first-order chi connectivity index (χ1) is 13.8. The molecule has 0 saturated carbocycles. The molecule has 2 rings (SSSR count). The largest absolute Gasteiger partial charge is 0.508 e. The van der Waals surface area contributed by atoms with Gasteiger partial charge in [-0.2, -0.15) is 0 Å². The van der Waals surface area contributed by atoms with E-state index < -0.39 is 17.9 Å². The Kier molecular flexibility index (Phi) is 8.27. The molecule has 0 aromatic heterocycles. The maximum atomic E-state index is 12.7. The molecule has 3 N–H and O–H groups in total. The Morgan fingerprint density at radius 3 is 2.38 bits per heavy atom. The van der Waals surface area contributed by atoms with Crippen LogP contribution in [0.1, 0.15) is 29.8 Å². The number of phenols is 1. The number of nitrogens with one attached hydrogen (secondary N) is 2. The standard InChI is InChI=1S/C22H26N2O4S/c1-14(2)20(26)12-23-22(28)18(13-29-16-8-5-4-6-9-16)24-21(27)17-10-7-11-19(25)15(17)3/h4-11,14,18,25H,12-13H2,1-3H3,(H,23,28)(H,24,27)/t18-/m0/s1. The maximum Gasteiger partial charge on any atom is 0.252 e. The molecule has 0 aliphatic carbocycles. The molecule has 7 heteroatoms. The van der Waals surface area contributed by atoms with E-state index >= 15 is 0 Å². The van der Waals surface area contributed by atoms with E-state index in [0.29, 0.717) is 16.9 Å². The molecule has 0 unspecified atom stereocenters. The minimum absolute atomic E-state index is 0.0137. The van der Waals surface area contributed by atoms with Gasteiger partial charge in [-0.1, -0.05) is 38.1 Å². The van der Waals surface area contributed by atoms with Crippen LogP contribution in [-0.4, -0.2) is 41.0 Å². The van der Waals surface area contributed by atoms with E-state index in [4.69, 9.17) is 0 Å². The van der Waals surface area contributed by atoms with Crippen molar-refractivity contribution in [3.05, 3.63) is 59.7 Å². The second kappa shape index (κ2) is 10.7. The molecule has 6 nitrogen and oxygen atoms in total. The Morgan fingerprint density at radius 2 is 1.72 bits per heavy atom. The summed E-state index contributed by atoms with van der Waals surface area (Å²) in [5.41, 5.74) is 0.737. The number of Topliss-reactive ketones (excluding diaryl/α,β-unsaturated/α-hetero) is 1. The molecular weight excluding hydrogens is 388 g/mol. The van der Waals surface area contributed by atoms with Gasteiger partial charge in [0.05, 0.1) is 6.54 Å². The minimum atomic E-state index is -0.839. The summed E-state index contributed by atoms with van der Waals surface area (Å²) in [6, 6.07) is 13.4. The maximum absolute atomic E-state index is 12.7. The van der Waals surface area contributed by atoms with Gasteiger partial charge in [-0.3, -0.25) is 14.4 Å². The number of carbonyl (C=O) groups is 3. The Bertz CT molecular complexity index is 868. The first-order valence-electron chi connectivity index (χ1n) is 9.37. The molecule has 0 aliphatic heterocycles. The van der Waals surface area contributed by atoms with Crippen molar-refractivity contribution in [2.24, 2.45) is 5.92 Å². The molecule has 0 spiro atoms. The molecule has 2 aromatic rings. The van der Waals surface area contributed by atoms with Crippen molar-refractivity contribution in [2.45, 2.75) is 31.7 Å². The third-order valence-corrected chi connectivity index (χ3v) is 5.52. The van der Waals surface area contributed by atoms with E-state index in [9.17, 15) is 19.5 Å². The molecule has 0 bridgehead atoms. The summed E-state index contributed by atoms with van der Waals surface area (Å²) in [5, 5.41) is 15.2. The second-order valence-electron chi connectivity index (χ2n) is 6.94. The summed E-state index contributed by atoms with van der Waals surface area (Å²) >= 11 is 1.43. The third kappa shape index (κ3) is 6.64. The first kappa shape index (κ1) is 22.5. The highest BCUT2D eigenvalue weighted by molar-refractivity contribution is 7.99. The molecule has 0 fully saturated rings. The van der Waals surface area contributed by atoms with Gasteiger partial charge in [0.15, 0.2) is 5.78 Å². The van der Waals surface area contributed by atoms with E-state index in [-0.39, 0.29) is 24.0 Å². The van der Waals surface area contributed by atoms with Gasteiger partial charge >= 0.3 is 0 Å². The predicted octanol–water partition coefficient (Wildman–Crippen LogP) is 2.93. The van der Waals surface area contributed by atoms with Gasteiger partial charge in [-0.05, 0) is 31.2 Å². The fourth-order valence-electron chi connectivity index (χ4n) is 2.49. The predicted molar refractivity (Wildman–Crippen MR) is 114 cm³/mol. The summed E-state index contributed by atoms with van der Waals surface area (Å²) in [5.74, 6) is -0.828. The van der Waals surface area contributed by atoms with Crippen LogP contribution >= 0.6 is 11.8 Å². The number of phenolic OH excluding ortho intramolecular Hbond substituents is 1. The number of carbonyl (C=O) groups excluding carboxylic acids is 3. The average molecular weight is 415 g/mol. The highest BCUT2D eigenvalue weighted by Gasteiger charge is 2.23. The van der Waals surface area contributed by atoms with Crippen LogP contribution in [0.4, 0.5) is 0 Å². The first-order valence-corrected chi connectivity index (χ1v) is 10.4. The number of hydrogen-bond donors (Lipinski definition) is 3. The van der Waals surface area contributed by atoms with Crippen LogP contribution < -0.4 is 10.6 Å². The van der Waals surface area contributed by atoms with Gasteiger partial charge in [0.25, 0.3) is 5.91 Å². The van der Waals surface area contributed by atoms with Crippen molar-refractivity contribution in [2.75, 3.05) is 12.3 Å². The number of rotatable bonds is 9. The number of aromatic hydroxyl groups is 1. The lowest BCUT2D eigenvalue weighted by Crippen LogP contribution is -2.49. The molecule has 1 atom stereocenters. The monoisotopic (exact) mass is 414 g/mol. The number of benzene rings is 2. The molecule has 0 radical (unpaired) electrons. The van der Waals surface area contributed by atoms with E-state index in [1.165, 1.54) is 17.8 Å². The summed E-state index contributed by atoms with van der Waals surface area (Å²) in [4.78, 5) is 38.2. The van der Waals surface area contributed by atoms with Crippen molar-refractivity contribution in [3.8, 4) is 5.75 Å². The molecule has 0 saturated heterocycles. The molecule has 0 heterocycles. The Labute approximate surface area is 175 Å². The van der Waals surface area contributed by atoms with Gasteiger partial charge < -0.3 is 15.7 Å². The number of amides is 2. The highest BCUT2D eigenvalue weighted by atomic mass is 32.2. The fraction of sp³-hybridized carbons (Fsp3) is 0.318. The van der Waals surface area contributed by atoms with Crippen LogP contribution in [0.2, 0.25) is 0 Å². The van der Waals surface area contributed by atoms with Crippen molar-refractivity contribution in [1.82, 2.24) is 10.6 Å². The summed E-state index contributed by atoms with van der Waals surface area (Å²) in [7, 11) is 0. The van der Waals surface area contributed by atoms with E-state index in [0.717, 1.165) is 4.90 Å². The second-order valence-corrected chi connectivity index (χ2v) is 8.03. The van der Waals surface area contributed by atoms with E-state index in [1.54, 1.807) is 32.9 Å². The average Bonchev–Trinajstić information content (AvgIpc) is 2.71. The lowest BCUT2D eigenvalue weighted by molar-refractivity contribution is -0.127. The summed E-state index contributed by atoms with van der Waals surface area (Å²) < 4.78 is 0. The summed E-state index contributed by atoms with van der Waals surface area (Å²) in [6.07, 6.45) is 0. The highest BCUT2D eigenvalue weighted by Crippen LogP contribution is 2.21. The van der Waals surface area contributed by atoms with Gasteiger partial charge in [0.2, 0.25) is 5.91 Å². The zero-order valence-electron chi connectivity index (χ0n) is 16.8. The van der Waals surface area contributed by atoms with Crippen molar-refractivity contribution in [3.63, 3.8) is 0 Å². The zero-order chi connectivity index (χ0) is 21.4. The van der Waals surface area contributed by atoms with Gasteiger partial charge in [0.1, 0.15) is 11.8 Å². The number of thioether (sulfide) groups is 1. The van der Waals surface area contributed by atoms with Crippen molar-refractivity contribution >= 4 is 29.4 Å².